The normalized spacial score (nSPS) is 19.1. The van der Waals surface area contributed by atoms with Crippen LogP contribution >= 0.6 is 11.6 Å². The van der Waals surface area contributed by atoms with E-state index in [9.17, 15) is 13.5 Å². The van der Waals surface area contributed by atoms with Gasteiger partial charge in [-0.05, 0) is 30.2 Å². The highest BCUT2D eigenvalue weighted by Gasteiger charge is 2.43. The fourth-order valence-corrected chi connectivity index (χ4v) is 3.67. The van der Waals surface area contributed by atoms with Crippen molar-refractivity contribution in [2.24, 2.45) is 5.92 Å². The molecule has 1 N–H and O–H groups in total. The second-order valence-electron chi connectivity index (χ2n) is 5.74. The molecule has 112 valence electrons. The summed E-state index contributed by atoms with van der Waals surface area (Å²) in [6, 6.07) is 6.21. The number of hydrogen-bond acceptors (Lipinski definition) is 4. The standard InChI is InChI=1S/C14H20ClNO3S/c1-11(2)14(17)9-16(10-14)7-8-20(18,19)13-5-3-12(15)4-6-13/h3-6,11,17H,7-10H2,1-2H3. The first kappa shape index (κ1) is 15.8. The van der Waals surface area contributed by atoms with E-state index in [0.29, 0.717) is 29.6 Å². The van der Waals surface area contributed by atoms with E-state index in [0.717, 1.165) is 0 Å². The molecule has 0 aromatic heterocycles. The minimum atomic E-state index is -3.29. The molecule has 0 bridgehead atoms. The molecule has 0 saturated carbocycles. The summed E-state index contributed by atoms with van der Waals surface area (Å²) in [6.07, 6.45) is 0. The molecule has 1 saturated heterocycles. The lowest BCUT2D eigenvalue weighted by molar-refractivity contribution is -0.125. The molecule has 1 aromatic carbocycles. The van der Waals surface area contributed by atoms with Crippen LogP contribution in [0.15, 0.2) is 29.2 Å². The number of hydrogen-bond donors (Lipinski definition) is 1. The molecule has 0 spiro atoms. The Hall–Kier alpha value is -0.620. The molecule has 1 fully saturated rings. The number of benzene rings is 1. The van der Waals surface area contributed by atoms with Crippen molar-refractivity contribution in [2.75, 3.05) is 25.4 Å². The van der Waals surface area contributed by atoms with E-state index in [1.165, 1.54) is 12.1 Å². The van der Waals surface area contributed by atoms with Gasteiger partial charge in [-0.1, -0.05) is 25.4 Å². The van der Waals surface area contributed by atoms with Gasteiger partial charge in [0.15, 0.2) is 9.84 Å². The van der Waals surface area contributed by atoms with Gasteiger partial charge in [0.25, 0.3) is 0 Å². The molecule has 2 rings (SSSR count). The minimum absolute atomic E-state index is 0.0583. The van der Waals surface area contributed by atoms with Crippen LogP contribution in [-0.4, -0.2) is 49.4 Å². The van der Waals surface area contributed by atoms with Crippen LogP contribution in [0.3, 0.4) is 0 Å². The molecule has 0 amide bonds. The van der Waals surface area contributed by atoms with Gasteiger partial charge in [0.2, 0.25) is 0 Å². The molecule has 1 aliphatic rings. The monoisotopic (exact) mass is 317 g/mol. The maximum absolute atomic E-state index is 12.2. The van der Waals surface area contributed by atoms with Gasteiger partial charge in [-0.15, -0.1) is 0 Å². The molecule has 6 heteroatoms. The van der Waals surface area contributed by atoms with Crippen molar-refractivity contribution >= 4 is 21.4 Å². The van der Waals surface area contributed by atoms with E-state index in [-0.39, 0.29) is 11.7 Å². The van der Waals surface area contributed by atoms with Crippen molar-refractivity contribution < 1.29 is 13.5 Å². The summed E-state index contributed by atoms with van der Waals surface area (Å²) in [5.74, 6) is 0.245. The number of β-amino-alcohol motifs (C(OH)–C–C–N with tert-alkyl or cyclic N) is 1. The third kappa shape index (κ3) is 3.34. The SMILES string of the molecule is CC(C)C1(O)CN(CCS(=O)(=O)c2ccc(Cl)cc2)C1. The number of rotatable bonds is 5. The van der Waals surface area contributed by atoms with E-state index in [1.54, 1.807) is 12.1 Å². The van der Waals surface area contributed by atoms with Gasteiger partial charge >= 0.3 is 0 Å². The first-order valence-electron chi connectivity index (χ1n) is 6.66. The highest BCUT2D eigenvalue weighted by atomic mass is 35.5. The molecule has 0 radical (unpaired) electrons. The van der Waals surface area contributed by atoms with Crippen LogP contribution in [0.1, 0.15) is 13.8 Å². The van der Waals surface area contributed by atoms with E-state index in [2.05, 4.69) is 0 Å². The van der Waals surface area contributed by atoms with Crippen LogP contribution < -0.4 is 0 Å². The van der Waals surface area contributed by atoms with Gasteiger partial charge in [-0.2, -0.15) is 0 Å². The Balaban J connectivity index is 1.90. The van der Waals surface area contributed by atoms with Crippen LogP contribution in [0.5, 0.6) is 0 Å². The predicted octanol–water partition coefficient (Wildman–Crippen LogP) is 1.82. The van der Waals surface area contributed by atoms with Gasteiger partial charge in [-0.25, -0.2) is 8.42 Å². The molecule has 1 aliphatic heterocycles. The minimum Gasteiger partial charge on any atom is -0.387 e. The predicted molar refractivity (Wildman–Crippen MR) is 79.7 cm³/mol. The molecule has 1 aromatic rings. The van der Waals surface area contributed by atoms with Gasteiger partial charge in [-0.3, -0.25) is 4.90 Å². The van der Waals surface area contributed by atoms with Crippen LogP contribution in [0.4, 0.5) is 0 Å². The highest BCUT2D eigenvalue weighted by Crippen LogP contribution is 2.28. The Labute approximate surface area is 125 Å². The summed E-state index contributed by atoms with van der Waals surface area (Å²) < 4.78 is 24.3. The Bertz CT molecular complexity index is 563. The van der Waals surface area contributed by atoms with Crippen LogP contribution in [0, 0.1) is 5.92 Å². The Morgan fingerprint density at radius 2 is 1.85 bits per heavy atom. The van der Waals surface area contributed by atoms with Gasteiger partial charge < -0.3 is 5.11 Å². The van der Waals surface area contributed by atoms with Gasteiger partial charge in [0.1, 0.15) is 0 Å². The number of nitrogens with zero attached hydrogens (tertiary/aromatic N) is 1. The van der Waals surface area contributed by atoms with Crippen LogP contribution in [-0.2, 0) is 9.84 Å². The van der Waals surface area contributed by atoms with Crippen molar-refractivity contribution in [3.8, 4) is 0 Å². The third-order valence-electron chi connectivity index (χ3n) is 3.92. The third-order valence-corrected chi connectivity index (χ3v) is 5.88. The lowest BCUT2D eigenvalue weighted by Crippen LogP contribution is -2.64. The van der Waals surface area contributed by atoms with Crippen molar-refractivity contribution in [1.29, 1.82) is 0 Å². The molecule has 0 aliphatic carbocycles. The zero-order chi connectivity index (χ0) is 15.0. The van der Waals surface area contributed by atoms with Crippen molar-refractivity contribution in [3.63, 3.8) is 0 Å². The average Bonchev–Trinajstić information content (AvgIpc) is 2.33. The maximum Gasteiger partial charge on any atom is 0.179 e. The number of halogens is 1. The Morgan fingerprint density at radius 1 is 1.30 bits per heavy atom. The second kappa shape index (κ2) is 5.64. The quantitative estimate of drug-likeness (QED) is 0.900. The van der Waals surface area contributed by atoms with Crippen LogP contribution in [0.2, 0.25) is 5.02 Å². The Kier molecular flexibility index (Phi) is 4.44. The zero-order valence-corrected chi connectivity index (χ0v) is 13.3. The summed E-state index contributed by atoms with van der Waals surface area (Å²) in [4.78, 5) is 2.26. The molecule has 0 unspecified atom stereocenters. The molecule has 20 heavy (non-hydrogen) atoms. The molecule has 4 nitrogen and oxygen atoms in total. The summed E-state index contributed by atoms with van der Waals surface area (Å²) in [5.41, 5.74) is -0.663. The smallest absolute Gasteiger partial charge is 0.179 e. The first-order chi connectivity index (χ1) is 9.23. The van der Waals surface area contributed by atoms with E-state index < -0.39 is 15.4 Å². The fraction of sp³-hybridized carbons (Fsp3) is 0.571. The second-order valence-corrected chi connectivity index (χ2v) is 8.29. The maximum atomic E-state index is 12.2. The van der Waals surface area contributed by atoms with Crippen LogP contribution in [0.25, 0.3) is 0 Å². The van der Waals surface area contributed by atoms with E-state index in [4.69, 9.17) is 11.6 Å². The lowest BCUT2D eigenvalue weighted by atomic mass is 9.83. The van der Waals surface area contributed by atoms with E-state index in [1.807, 2.05) is 18.7 Å². The van der Waals surface area contributed by atoms with Gasteiger partial charge in [0.05, 0.1) is 16.2 Å². The number of aliphatic hydroxyl groups is 1. The summed E-state index contributed by atoms with van der Waals surface area (Å²) in [5, 5.41) is 10.7. The Morgan fingerprint density at radius 3 is 2.35 bits per heavy atom. The van der Waals surface area contributed by atoms with Gasteiger partial charge in [0, 0.05) is 24.7 Å². The van der Waals surface area contributed by atoms with Crippen molar-refractivity contribution in [3.05, 3.63) is 29.3 Å². The summed E-state index contributed by atoms with van der Waals surface area (Å²) in [7, 11) is -3.29. The van der Waals surface area contributed by atoms with E-state index >= 15 is 0 Å². The fourth-order valence-electron chi connectivity index (χ4n) is 2.26. The average molecular weight is 318 g/mol. The number of likely N-dealkylation sites (tertiary alicyclic amines) is 1. The molecular formula is C14H20ClNO3S. The number of sulfone groups is 1. The largest absolute Gasteiger partial charge is 0.387 e. The molecular weight excluding hydrogens is 298 g/mol. The summed E-state index contributed by atoms with van der Waals surface area (Å²) in [6.45, 7) is 5.48. The zero-order valence-electron chi connectivity index (χ0n) is 11.7. The topological polar surface area (TPSA) is 57.6 Å². The highest BCUT2D eigenvalue weighted by molar-refractivity contribution is 7.91. The van der Waals surface area contributed by atoms with Crippen molar-refractivity contribution in [1.82, 2.24) is 4.90 Å². The molecule has 0 atom stereocenters. The summed E-state index contributed by atoms with van der Waals surface area (Å²) >= 11 is 5.75. The first-order valence-corrected chi connectivity index (χ1v) is 8.69. The molecule has 1 heterocycles. The van der Waals surface area contributed by atoms with Crippen molar-refractivity contribution in [2.45, 2.75) is 24.3 Å². The lowest BCUT2D eigenvalue weighted by Gasteiger charge is -2.49.